The smallest absolute Gasteiger partial charge is 0.362 e. The van der Waals surface area contributed by atoms with Crippen molar-refractivity contribution in [2.75, 3.05) is 6.61 Å². The standard InChI is InChI=1S/C14H14IO/c1-2-16-14-11-7-6-10-13(14)15-12-8-4-3-5-9-12/h3-11H,2H2,1H3/q+1. The Kier molecular flexibility index (Phi) is 4.22. The Balaban J connectivity index is 2.21. The SMILES string of the molecule is CCOc1ccccc1[I+]c1ccccc1. The first-order chi connectivity index (χ1) is 7.90. The quantitative estimate of drug-likeness (QED) is 0.731. The van der Waals surface area contributed by atoms with Gasteiger partial charge in [-0.15, -0.1) is 0 Å². The van der Waals surface area contributed by atoms with Gasteiger partial charge in [-0.2, -0.15) is 0 Å². The number of ether oxygens (including phenoxy) is 1. The Hall–Kier alpha value is -1.03. The molecule has 0 spiro atoms. The van der Waals surface area contributed by atoms with Crippen molar-refractivity contribution in [3.63, 3.8) is 0 Å². The molecular weight excluding hydrogens is 311 g/mol. The third kappa shape index (κ3) is 2.98. The van der Waals surface area contributed by atoms with Crippen LogP contribution in [0.25, 0.3) is 0 Å². The van der Waals surface area contributed by atoms with E-state index in [0.29, 0.717) is 0 Å². The number of rotatable bonds is 4. The summed E-state index contributed by atoms with van der Waals surface area (Å²) >= 11 is -0.130. The molecule has 2 rings (SSSR count). The van der Waals surface area contributed by atoms with Gasteiger partial charge in [-0.1, -0.05) is 30.3 Å². The summed E-state index contributed by atoms with van der Waals surface area (Å²) in [5.41, 5.74) is 0. The molecule has 16 heavy (non-hydrogen) atoms. The van der Waals surface area contributed by atoms with E-state index in [9.17, 15) is 0 Å². The lowest BCUT2D eigenvalue weighted by atomic mass is 10.3. The molecule has 0 aliphatic rings. The minimum Gasteiger partial charge on any atom is -0.489 e. The molecule has 0 aromatic heterocycles. The van der Waals surface area contributed by atoms with Gasteiger partial charge in [-0.05, 0) is 31.2 Å². The molecule has 0 unspecified atom stereocenters. The zero-order valence-corrected chi connectivity index (χ0v) is 11.3. The Labute approximate surface area is 107 Å². The number of hydrogen-bond acceptors (Lipinski definition) is 1. The van der Waals surface area contributed by atoms with Gasteiger partial charge in [-0.25, -0.2) is 0 Å². The number of halogens is 1. The molecule has 0 aliphatic heterocycles. The van der Waals surface area contributed by atoms with Crippen molar-refractivity contribution in [2.24, 2.45) is 0 Å². The molecule has 0 N–H and O–H groups in total. The minimum absolute atomic E-state index is 0.130. The molecule has 0 saturated carbocycles. The van der Waals surface area contributed by atoms with Gasteiger partial charge < -0.3 is 4.74 Å². The second-order valence-corrected chi connectivity index (χ2v) is 6.20. The highest BCUT2D eigenvalue weighted by molar-refractivity contribution is 5.20. The van der Waals surface area contributed by atoms with Crippen molar-refractivity contribution in [2.45, 2.75) is 6.92 Å². The lowest BCUT2D eigenvalue weighted by Crippen LogP contribution is -3.61. The molecule has 2 heteroatoms. The predicted octanol–water partition coefficient (Wildman–Crippen LogP) is 0.214. The van der Waals surface area contributed by atoms with E-state index < -0.39 is 0 Å². The van der Waals surface area contributed by atoms with E-state index in [4.69, 9.17) is 4.74 Å². The molecule has 82 valence electrons. The van der Waals surface area contributed by atoms with Crippen molar-refractivity contribution in [1.82, 2.24) is 0 Å². The van der Waals surface area contributed by atoms with Gasteiger partial charge >= 0.3 is 21.2 Å². The monoisotopic (exact) mass is 325 g/mol. The van der Waals surface area contributed by atoms with Gasteiger partial charge in [0.2, 0.25) is 3.57 Å². The summed E-state index contributed by atoms with van der Waals surface area (Å²) in [6.07, 6.45) is 0. The molecule has 0 heterocycles. The van der Waals surface area contributed by atoms with Crippen LogP contribution in [-0.2, 0) is 0 Å². The van der Waals surface area contributed by atoms with Crippen LogP contribution >= 0.6 is 0 Å². The first kappa shape index (κ1) is 11.5. The number of hydrogen-bond donors (Lipinski definition) is 0. The lowest BCUT2D eigenvalue weighted by Gasteiger charge is -2.01. The topological polar surface area (TPSA) is 9.23 Å². The van der Waals surface area contributed by atoms with E-state index in [1.807, 2.05) is 13.0 Å². The van der Waals surface area contributed by atoms with Crippen LogP contribution in [0.5, 0.6) is 5.75 Å². The zero-order chi connectivity index (χ0) is 11.2. The van der Waals surface area contributed by atoms with Crippen molar-refractivity contribution >= 4 is 0 Å². The summed E-state index contributed by atoms with van der Waals surface area (Å²) in [6.45, 7) is 2.76. The molecule has 0 saturated heterocycles. The summed E-state index contributed by atoms with van der Waals surface area (Å²) in [7, 11) is 0. The second kappa shape index (κ2) is 5.89. The summed E-state index contributed by atoms with van der Waals surface area (Å²) < 4.78 is 8.42. The first-order valence-corrected chi connectivity index (χ1v) is 7.47. The minimum atomic E-state index is -0.130. The number of benzene rings is 2. The summed E-state index contributed by atoms with van der Waals surface area (Å²) in [5.74, 6) is 1.04. The molecule has 0 fully saturated rings. The maximum Gasteiger partial charge on any atom is 0.362 e. The van der Waals surface area contributed by atoms with Gasteiger partial charge in [0.1, 0.15) is 0 Å². The van der Waals surface area contributed by atoms with E-state index >= 15 is 0 Å². The molecule has 0 amide bonds. The highest BCUT2D eigenvalue weighted by atomic mass is 127. The third-order valence-corrected chi connectivity index (χ3v) is 4.89. The fourth-order valence-corrected chi connectivity index (χ4v) is 3.83. The van der Waals surface area contributed by atoms with Gasteiger partial charge in [-0.3, -0.25) is 0 Å². The largest absolute Gasteiger partial charge is 0.489 e. The van der Waals surface area contributed by atoms with E-state index in [1.165, 1.54) is 7.14 Å². The van der Waals surface area contributed by atoms with Crippen LogP contribution in [-0.4, -0.2) is 6.61 Å². The van der Waals surface area contributed by atoms with Crippen molar-refractivity contribution in [3.05, 3.63) is 61.7 Å². The molecule has 2 aromatic rings. The maximum atomic E-state index is 5.64. The molecule has 0 aliphatic carbocycles. The van der Waals surface area contributed by atoms with E-state index in [2.05, 4.69) is 48.5 Å². The molecule has 1 nitrogen and oxygen atoms in total. The van der Waals surface area contributed by atoms with Crippen LogP contribution in [0, 0.1) is 7.14 Å². The fraction of sp³-hybridized carbons (Fsp3) is 0.143. The van der Waals surface area contributed by atoms with Gasteiger partial charge in [0.25, 0.3) is 0 Å². The first-order valence-electron chi connectivity index (χ1n) is 5.32. The Morgan fingerprint density at radius 3 is 2.38 bits per heavy atom. The Morgan fingerprint density at radius 2 is 1.62 bits per heavy atom. The number of para-hydroxylation sites is 1. The summed E-state index contributed by atoms with van der Waals surface area (Å²) in [4.78, 5) is 0. The maximum absolute atomic E-state index is 5.64. The second-order valence-electron chi connectivity index (χ2n) is 3.25. The van der Waals surface area contributed by atoms with E-state index in [-0.39, 0.29) is 21.2 Å². The predicted molar refractivity (Wildman–Crippen MR) is 61.4 cm³/mol. The van der Waals surface area contributed by atoms with Crippen LogP contribution in [0.4, 0.5) is 0 Å². The molecular formula is C14H14IO+. The van der Waals surface area contributed by atoms with Crippen LogP contribution in [0.15, 0.2) is 54.6 Å². The van der Waals surface area contributed by atoms with Crippen LogP contribution < -0.4 is 25.9 Å². The Bertz CT molecular complexity index is 439. The molecule has 0 radical (unpaired) electrons. The van der Waals surface area contributed by atoms with Crippen molar-refractivity contribution < 1.29 is 25.9 Å². The Morgan fingerprint density at radius 1 is 0.938 bits per heavy atom. The van der Waals surface area contributed by atoms with Gasteiger partial charge in [0.05, 0.1) is 6.61 Å². The molecule has 0 atom stereocenters. The highest BCUT2D eigenvalue weighted by Crippen LogP contribution is 2.08. The van der Waals surface area contributed by atoms with Gasteiger partial charge in [0.15, 0.2) is 9.32 Å². The molecule has 2 aromatic carbocycles. The van der Waals surface area contributed by atoms with Crippen molar-refractivity contribution in [1.29, 1.82) is 0 Å². The summed E-state index contributed by atoms with van der Waals surface area (Å²) in [6, 6.07) is 19.0. The van der Waals surface area contributed by atoms with E-state index in [1.54, 1.807) is 0 Å². The normalized spacial score (nSPS) is 10.1. The molecule has 0 bridgehead atoms. The zero-order valence-electron chi connectivity index (χ0n) is 9.19. The lowest BCUT2D eigenvalue weighted by molar-refractivity contribution is -0.598. The fourth-order valence-electron chi connectivity index (χ4n) is 1.39. The summed E-state index contributed by atoms with van der Waals surface area (Å²) in [5, 5.41) is 0. The average Bonchev–Trinajstić information content (AvgIpc) is 2.33. The van der Waals surface area contributed by atoms with Crippen molar-refractivity contribution in [3.8, 4) is 5.75 Å². The van der Waals surface area contributed by atoms with E-state index in [0.717, 1.165) is 12.4 Å². The average molecular weight is 325 g/mol. The van der Waals surface area contributed by atoms with Gasteiger partial charge in [0, 0.05) is 0 Å². The van der Waals surface area contributed by atoms with Crippen LogP contribution in [0.3, 0.4) is 0 Å². The van der Waals surface area contributed by atoms with Crippen LogP contribution in [0.1, 0.15) is 6.92 Å². The third-order valence-electron chi connectivity index (χ3n) is 2.08. The van der Waals surface area contributed by atoms with Crippen LogP contribution in [0.2, 0.25) is 0 Å². The highest BCUT2D eigenvalue weighted by Gasteiger charge is 2.19.